The molecule has 3 heterocycles. The molecule has 3 aliphatic heterocycles. The lowest BCUT2D eigenvalue weighted by molar-refractivity contribution is -0.137. The molecule has 3 aromatic carbocycles. The number of guanidine groups is 1. The maximum atomic E-state index is 13.2. The molecular formula is C35H39F3N6O3. The zero-order valence-electron chi connectivity index (χ0n) is 26.8. The van der Waals surface area contributed by atoms with Gasteiger partial charge in [-0.2, -0.15) is 18.2 Å². The molecule has 9 nitrogen and oxygen atoms in total. The number of nitrogens with zero attached hydrogens (tertiary/aromatic N) is 5. The van der Waals surface area contributed by atoms with Gasteiger partial charge in [0.1, 0.15) is 0 Å². The summed E-state index contributed by atoms with van der Waals surface area (Å²) in [5, 5.41) is 0. The van der Waals surface area contributed by atoms with Crippen LogP contribution in [0.5, 0.6) is 11.5 Å². The molecule has 2 atom stereocenters. The normalized spacial score (nSPS) is 20.3. The number of benzene rings is 3. The zero-order valence-corrected chi connectivity index (χ0v) is 26.8. The number of alkyl halides is 3. The molecule has 3 aliphatic rings. The van der Waals surface area contributed by atoms with Gasteiger partial charge in [0.15, 0.2) is 17.5 Å². The van der Waals surface area contributed by atoms with Crippen molar-refractivity contribution in [1.29, 1.82) is 0 Å². The average molecular weight is 649 g/mol. The Labute approximate surface area is 272 Å². The van der Waals surface area contributed by atoms with Crippen LogP contribution in [0.2, 0.25) is 0 Å². The number of aliphatic imine (C=N–C) groups is 2. The van der Waals surface area contributed by atoms with Gasteiger partial charge in [-0.25, -0.2) is 0 Å². The molecule has 47 heavy (non-hydrogen) atoms. The first-order valence-corrected chi connectivity index (χ1v) is 15.8. The number of likely N-dealkylation sites (N-methyl/N-ethyl adjacent to an activating group) is 1. The van der Waals surface area contributed by atoms with E-state index in [0.29, 0.717) is 49.8 Å². The van der Waals surface area contributed by atoms with Gasteiger partial charge < -0.3 is 29.9 Å². The Morgan fingerprint density at radius 2 is 1.77 bits per heavy atom. The second kappa shape index (κ2) is 13.3. The molecule has 0 saturated carbocycles. The predicted molar refractivity (Wildman–Crippen MR) is 176 cm³/mol. The smallest absolute Gasteiger partial charge is 0.416 e. The fraction of sp³-hybridized carbons (Fsp3) is 0.400. The third-order valence-electron chi connectivity index (χ3n) is 9.13. The van der Waals surface area contributed by atoms with Gasteiger partial charge in [0.25, 0.3) is 5.91 Å². The Kier molecular flexibility index (Phi) is 9.14. The summed E-state index contributed by atoms with van der Waals surface area (Å²) in [5.41, 5.74) is 10.3. The second-order valence-corrected chi connectivity index (χ2v) is 12.1. The van der Waals surface area contributed by atoms with Crippen molar-refractivity contribution in [2.24, 2.45) is 15.7 Å². The average Bonchev–Trinajstić information content (AvgIpc) is 3.07. The number of carbonyl (C=O) groups is 1. The molecule has 0 bridgehead atoms. The third kappa shape index (κ3) is 6.78. The van der Waals surface area contributed by atoms with Crippen LogP contribution in [0.25, 0.3) is 0 Å². The number of piperazine rings is 1. The summed E-state index contributed by atoms with van der Waals surface area (Å²) in [4.78, 5) is 28.5. The van der Waals surface area contributed by atoms with Crippen molar-refractivity contribution >= 4 is 23.3 Å². The molecule has 2 saturated heterocycles. The minimum Gasteiger partial charge on any atom is -0.493 e. The van der Waals surface area contributed by atoms with Gasteiger partial charge in [0.05, 0.1) is 31.0 Å². The van der Waals surface area contributed by atoms with Crippen LogP contribution < -0.4 is 20.1 Å². The van der Waals surface area contributed by atoms with E-state index in [1.54, 1.807) is 30.2 Å². The fourth-order valence-corrected chi connectivity index (χ4v) is 6.63. The summed E-state index contributed by atoms with van der Waals surface area (Å²) >= 11 is 0. The lowest BCUT2D eigenvalue weighted by atomic mass is 9.79. The molecule has 0 aliphatic carbocycles. The molecule has 3 aromatic rings. The number of hydrogen-bond donors (Lipinski definition) is 1. The van der Waals surface area contributed by atoms with E-state index in [4.69, 9.17) is 20.2 Å². The van der Waals surface area contributed by atoms with E-state index >= 15 is 0 Å². The first kappa shape index (κ1) is 32.4. The van der Waals surface area contributed by atoms with Gasteiger partial charge in [-0.15, -0.1) is 0 Å². The Morgan fingerprint density at radius 3 is 2.45 bits per heavy atom. The lowest BCUT2D eigenvalue weighted by Crippen LogP contribution is -2.51. The number of amides is 1. The van der Waals surface area contributed by atoms with Gasteiger partial charge in [-0.1, -0.05) is 18.2 Å². The van der Waals surface area contributed by atoms with Crippen LogP contribution in [-0.4, -0.2) is 93.5 Å². The first-order valence-electron chi connectivity index (χ1n) is 15.8. The molecule has 1 amide bonds. The molecule has 2 fully saturated rings. The van der Waals surface area contributed by atoms with Crippen LogP contribution in [0.15, 0.2) is 70.6 Å². The van der Waals surface area contributed by atoms with E-state index in [-0.39, 0.29) is 17.9 Å². The summed E-state index contributed by atoms with van der Waals surface area (Å²) in [7, 11) is 3.76. The lowest BCUT2D eigenvalue weighted by Gasteiger charge is -2.39. The van der Waals surface area contributed by atoms with E-state index in [1.165, 1.54) is 11.6 Å². The van der Waals surface area contributed by atoms with Crippen molar-refractivity contribution in [2.75, 3.05) is 64.9 Å². The quantitative estimate of drug-likeness (QED) is 0.296. The van der Waals surface area contributed by atoms with E-state index in [9.17, 15) is 18.0 Å². The third-order valence-corrected chi connectivity index (χ3v) is 9.13. The van der Waals surface area contributed by atoms with Crippen molar-refractivity contribution in [3.8, 4) is 11.5 Å². The number of methoxy groups -OCH3 is 1. The Hall–Kier alpha value is -4.58. The minimum absolute atomic E-state index is 0.0823. The number of likely N-dealkylation sites (tertiary alicyclic amines) is 1. The van der Waals surface area contributed by atoms with E-state index < -0.39 is 17.6 Å². The van der Waals surface area contributed by atoms with Crippen LogP contribution in [0.1, 0.15) is 51.9 Å². The summed E-state index contributed by atoms with van der Waals surface area (Å²) in [5.74, 6) is 1.21. The van der Waals surface area contributed by atoms with Crippen molar-refractivity contribution in [1.82, 2.24) is 9.80 Å². The van der Waals surface area contributed by atoms with Gasteiger partial charge >= 0.3 is 6.18 Å². The van der Waals surface area contributed by atoms with E-state index in [2.05, 4.69) is 23.0 Å². The van der Waals surface area contributed by atoms with Crippen LogP contribution in [0.3, 0.4) is 0 Å². The highest BCUT2D eigenvalue weighted by molar-refractivity contribution is 6.15. The number of carbonyl (C=O) groups excluding carboxylic acids is 1. The standard InChI is InChI=1S/C35H39F3N6O3/c1-4-47-31-19-26-27(20-30(31)46-3)32(40-29-12-13-42(2)21-28(26)29)22-8-10-23(11-9-22)33(45)41-34(39)44-16-14-43(15-17-44)25-7-5-6-24(18-25)35(36,37)38/h5-11,18-20,28-29H,4,12-17,21H2,1-3H3,(H2,39,41,45)/t28-,29-/m1/s1. The summed E-state index contributed by atoms with van der Waals surface area (Å²) in [6, 6.07) is 16.7. The minimum atomic E-state index is -4.40. The Balaban J connectivity index is 1.17. The van der Waals surface area contributed by atoms with Crippen molar-refractivity contribution in [2.45, 2.75) is 31.5 Å². The summed E-state index contributed by atoms with van der Waals surface area (Å²) < 4.78 is 51.1. The number of piperidine rings is 1. The molecule has 0 aromatic heterocycles. The van der Waals surface area contributed by atoms with Crippen LogP contribution in [0.4, 0.5) is 18.9 Å². The monoisotopic (exact) mass is 648 g/mol. The van der Waals surface area contributed by atoms with Crippen molar-refractivity contribution in [3.63, 3.8) is 0 Å². The van der Waals surface area contributed by atoms with Gasteiger partial charge in [0, 0.05) is 61.0 Å². The van der Waals surface area contributed by atoms with Gasteiger partial charge in [-0.05, 0) is 75.0 Å². The summed E-state index contributed by atoms with van der Waals surface area (Å²) in [6.07, 6.45) is -3.46. The fourth-order valence-electron chi connectivity index (χ4n) is 6.63. The largest absolute Gasteiger partial charge is 0.493 e. The maximum absolute atomic E-state index is 13.2. The number of fused-ring (bicyclic) bond motifs is 3. The van der Waals surface area contributed by atoms with E-state index in [0.717, 1.165) is 54.2 Å². The Bertz CT molecular complexity index is 1680. The number of hydrogen-bond acceptors (Lipinski definition) is 6. The van der Waals surface area contributed by atoms with Crippen LogP contribution >= 0.6 is 0 Å². The molecule has 0 unspecified atom stereocenters. The predicted octanol–water partition coefficient (Wildman–Crippen LogP) is 5.03. The molecule has 248 valence electrons. The molecule has 6 rings (SSSR count). The van der Waals surface area contributed by atoms with Crippen LogP contribution in [0, 0.1) is 0 Å². The number of nitrogens with two attached hydrogens (primary N) is 1. The summed E-state index contributed by atoms with van der Waals surface area (Å²) in [6.45, 7) is 6.08. The highest BCUT2D eigenvalue weighted by Crippen LogP contribution is 2.42. The number of rotatable bonds is 6. The molecule has 0 radical (unpaired) electrons. The maximum Gasteiger partial charge on any atom is 0.416 e. The SMILES string of the molecule is CCOc1cc2c(cc1OC)C(c1ccc(C(=O)/N=C(/N)N3CCN(c4cccc(C(F)(F)F)c4)CC3)cc1)=N[C@@H]1CCN(C)C[C@H]21. The highest BCUT2D eigenvalue weighted by Gasteiger charge is 2.36. The van der Waals surface area contributed by atoms with Gasteiger partial charge in [0.2, 0.25) is 0 Å². The molecule has 0 spiro atoms. The zero-order chi connectivity index (χ0) is 33.3. The van der Waals surface area contributed by atoms with Crippen molar-refractivity contribution < 1.29 is 27.4 Å². The number of halogens is 3. The first-order chi connectivity index (χ1) is 22.5. The van der Waals surface area contributed by atoms with Gasteiger partial charge in [-0.3, -0.25) is 9.79 Å². The second-order valence-electron chi connectivity index (χ2n) is 12.1. The molecule has 12 heteroatoms. The Morgan fingerprint density at radius 1 is 1.02 bits per heavy atom. The van der Waals surface area contributed by atoms with Crippen LogP contribution in [-0.2, 0) is 6.18 Å². The molecular weight excluding hydrogens is 609 g/mol. The number of ether oxygens (including phenoxy) is 2. The highest BCUT2D eigenvalue weighted by atomic mass is 19.4. The van der Waals surface area contributed by atoms with Crippen molar-refractivity contribution in [3.05, 3.63) is 88.5 Å². The topological polar surface area (TPSA) is 96.0 Å². The molecule has 2 N–H and O–H groups in total. The van der Waals surface area contributed by atoms with E-state index in [1.807, 2.05) is 30.0 Å². The number of anilines is 1.